The molecule has 1 heterocycles. The van der Waals surface area contributed by atoms with Crippen molar-refractivity contribution in [3.8, 4) is 0 Å². The van der Waals surface area contributed by atoms with Gasteiger partial charge in [-0.1, -0.05) is 6.07 Å². The first-order valence-corrected chi connectivity index (χ1v) is 7.58. The summed E-state index contributed by atoms with van der Waals surface area (Å²) in [7, 11) is 0. The van der Waals surface area contributed by atoms with Crippen LogP contribution in [0.5, 0.6) is 0 Å². The van der Waals surface area contributed by atoms with E-state index in [1.165, 1.54) is 30.6 Å². The van der Waals surface area contributed by atoms with Gasteiger partial charge in [0.05, 0.1) is 0 Å². The van der Waals surface area contributed by atoms with Crippen molar-refractivity contribution in [1.29, 1.82) is 0 Å². The van der Waals surface area contributed by atoms with Crippen molar-refractivity contribution >= 4 is 11.3 Å². The number of hydrogen-bond donors (Lipinski definition) is 1. The number of rotatable bonds is 6. The molecule has 0 amide bonds. The quantitative estimate of drug-likeness (QED) is 0.841. The Morgan fingerprint density at radius 1 is 1.41 bits per heavy atom. The van der Waals surface area contributed by atoms with E-state index in [1.807, 2.05) is 11.3 Å². The molecular weight excluding hydrogens is 228 g/mol. The molecule has 0 spiro atoms. The van der Waals surface area contributed by atoms with E-state index in [4.69, 9.17) is 5.73 Å². The summed E-state index contributed by atoms with van der Waals surface area (Å²) in [4.78, 5) is 4.09. The van der Waals surface area contributed by atoms with Crippen LogP contribution in [0, 0.1) is 5.92 Å². The van der Waals surface area contributed by atoms with Gasteiger partial charge in [-0.15, -0.1) is 11.3 Å². The Labute approximate surface area is 108 Å². The van der Waals surface area contributed by atoms with Crippen LogP contribution in [0.15, 0.2) is 17.5 Å². The molecule has 1 aromatic heterocycles. The van der Waals surface area contributed by atoms with Crippen molar-refractivity contribution in [2.24, 2.45) is 11.7 Å². The Bertz CT molecular complexity index is 364. The molecule has 94 valence electrons. The van der Waals surface area contributed by atoms with Gasteiger partial charge in [-0.2, -0.15) is 0 Å². The number of thiophene rings is 1. The van der Waals surface area contributed by atoms with Crippen LogP contribution in [0.4, 0.5) is 0 Å². The Kier molecular flexibility index (Phi) is 3.01. The summed E-state index contributed by atoms with van der Waals surface area (Å²) in [5.74, 6) is 0.770. The van der Waals surface area contributed by atoms with Gasteiger partial charge in [-0.3, -0.25) is 4.90 Å². The van der Waals surface area contributed by atoms with Crippen LogP contribution in [0.25, 0.3) is 0 Å². The topological polar surface area (TPSA) is 29.3 Å². The summed E-state index contributed by atoms with van der Waals surface area (Å²) in [5.41, 5.74) is 6.51. The molecule has 0 bridgehead atoms. The van der Waals surface area contributed by atoms with E-state index in [0.717, 1.165) is 25.0 Å². The summed E-state index contributed by atoms with van der Waals surface area (Å²) in [6.07, 6.45) is 5.41. The van der Waals surface area contributed by atoms with E-state index in [0.29, 0.717) is 0 Å². The third-order valence-corrected chi connectivity index (χ3v) is 4.92. The summed E-state index contributed by atoms with van der Waals surface area (Å²) in [5, 5.41) is 2.17. The van der Waals surface area contributed by atoms with Gasteiger partial charge in [0.1, 0.15) is 0 Å². The molecule has 3 rings (SSSR count). The second kappa shape index (κ2) is 4.38. The fraction of sp³-hybridized carbons (Fsp3) is 0.714. The zero-order valence-corrected chi connectivity index (χ0v) is 11.4. The molecule has 0 aromatic carbocycles. The summed E-state index contributed by atoms with van der Waals surface area (Å²) in [6, 6.07) is 5.19. The van der Waals surface area contributed by atoms with Gasteiger partial charge in [0.15, 0.2) is 0 Å². The Morgan fingerprint density at radius 2 is 2.18 bits per heavy atom. The largest absolute Gasteiger partial charge is 0.324 e. The van der Waals surface area contributed by atoms with E-state index in [1.54, 1.807) is 0 Å². The molecule has 2 fully saturated rings. The molecule has 1 aromatic rings. The molecule has 0 saturated heterocycles. The SMILES string of the molecule is CC(N)(CN(Cc1cccs1)C1CC1)C1CC1. The first-order valence-electron chi connectivity index (χ1n) is 6.70. The average molecular weight is 250 g/mol. The minimum atomic E-state index is 0.0276. The summed E-state index contributed by atoms with van der Waals surface area (Å²) in [6.45, 7) is 4.41. The lowest BCUT2D eigenvalue weighted by Crippen LogP contribution is -2.50. The highest BCUT2D eigenvalue weighted by molar-refractivity contribution is 7.09. The Morgan fingerprint density at radius 3 is 2.71 bits per heavy atom. The van der Waals surface area contributed by atoms with Crippen LogP contribution in [0.1, 0.15) is 37.5 Å². The van der Waals surface area contributed by atoms with Crippen LogP contribution in [-0.2, 0) is 6.54 Å². The average Bonchev–Trinajstić information content (AvgIpc) is 3.16. The predicted octanol–water partition coefficient (Wildman–Crippen LogP) is 2.84. The normalized spacial score (nSPS) is 23.9. The molecule has 2 aliphatic carbocycles. The van der Waals surface area contributed by atoms with Crippen molar-refractivity contribution in [3.05, 3.63) is 22.4 Å². The van der Waals surface area contributed by atoms with Gasteiger partial charge >= 0.3 is 0 Å². The number of nitrogens with two attached hydrogens (primary N) is 1. The van der Waals surface area contributed by atoms with E-state index < -0.39 is 0 Å². The second-order valence-electron chi connectivity index (χ2n) is 6.00. The lowest BCUT2D eigenvalue weighted by Gasteiger charge is -2.32. The van der Waals surface area contributed by atoms with Crippen molar-refractivity contribution in [3.63, 3.8) is 0 Å². The van der Waals surface area contributed by atoms with Gasteiger partial charge in [0.25, 0.3) is 0 Å². The molecule has 2 aliphatic rings. The van der Waals surface area contributed by atoms with Crippen LogP contribution in [0.2, 0.25) is 0 Å². The molecule has 2 nitrogen and oxygen atoms in total. The van der Waals surface area contributed by atoms with E-state index in [9.17, 15) is 0 Å². The van der Waals surface area contributed by atoms with Gasteiger partial charge in [-0.25, -0.2) is 0 Å². The predicted molar refractivity (Wildman–Crippen MR) is 73.1 cm³/mol. The van der Waals surface area contributed by atoms with Crippen molar-refractivity contribution in [2.75, 3.05) is 6.54 Å². The van der Waals surface area contributed by atoms with Gasteiger partial charge in [-0.05, 0) is 50.0 Å². The highest BCUT2D eigenvalue weighted by Crippen LogP contribution is 2.40. The van der Waals surface area contributed by atoms with Gasteiger partial charge in [0, 0.05) is 29.5 Å². The number of hydrogen-bond acceptors (Lipinski definition) is 3. The fourth-order valence-electron chi connectivity index (χ4n) is 2.67. The maximum absolute atomic E-state index is 6.48. The highest BCUT2D eigenvalue weighted by atomic mass is 32.1. The fourth-order valence-corrected chi connectivity index (χ4v) is 3.40. The minimum absolute atomic E-state index is 0.0276. The molecule has 1 unspecified atom stereocenters. The molecule has 17 heavy (non-hydrogen) atoms. The standard InChI is InChI=1S/C14H22N2S/c1-14(15,11-4-5-11)10-16(12-6-7-12)9-13-3-2-8-17-13/h2-3,8,11-12H,4-7,9-10,15H2,1H3. The van der Waals surface area contributed by atoms with Gasteiger partial charge < -0.3 is 5.73 Å². The molecule has 2 saturated carbocycles. The molecular formula is C14H22N2S. The smallest absolute Gasteiger partial charge is 0.0331 e. The summed E-state index contributed by atoms with van der Waals surface area (Å²) >= 11 is 1.86. The number of nitrogens with zero attached hydrogens (tertiary/aromatic N) is 1. The first-order chi connectivity index (χ1) is 8.15. The molecule has 2 N–H and O–H groups in total. The molecule has 3 heteroatoms. The highest BCUT2D eigenvalue weighted by Gasteiger charge is 2.42. The molecule has 0 aliphatic heterocycles. The minimum Gasteiger partial charge on any atom is -0.324 e. The van der Waals surface area contributed by atoms with Crippen LogP contribution in [0.3, 0.4) is 0 Å². The maximum atomic E-state index is 6.48. The maximum Gasteiger partial charge on any atom is 0.0331 e. The molecule has 1 atom stereocenters. The third kappa shape index (κ3) is 2.90. The summed E-state index contributed by atoms with van der Waals surface area (Å²) < 4.78 is 0. The zero-order chi connectivity index (χ0) is 11.9. The monoisotopic (exact) mass is 250 g/mol. The van der Waals surface area contributed by atoms with E-state index in [2.05, 4.69) is 29.3 Å². The lowest BCUT2D eigenvalue weighted by molar-refractivity contribution is 0.188. The first kappa shape index (κ1) is 11.7. The second-order valence-corrected chi connectivity index (χ2v) is 7.03. The van der Waals surface area contributed by atoms with E-state index >= 15 is 0 Å². The third-order valence-electron chi connectivity index (χ3n) is 4.06. The molecule has 0 radical (unpaired) electrons. The van der Waals surface area contributed by atoms with Crippen LogP contribution in [-0.4, -0.2) is 23.0 Å². The van der Waals surface area contributed by atoms with Crippen LogP contribution < -0.4 is 5.73 Å². The Balaban J connectivity index is 1.63. The van der Waals surface area contributed by atoms with Crippen molar-refractivity contribution < 1.29 is 0 Å². The zero-order valence-electron chi connectivity index (χ0n) is 10.6. The lowest BCUT2D eigenvalue weighted by atomic mass is 9.96. The van der Waals surface area contributed by atoms with Crippen molar-refractivity contribution in [2.45, 2.75) is 50.7 Å². The van der Waals surface area contributed by atoms with E-state index in [-0.39, 0.29) is 5.54 Å². The van der Waals surface area contributed by atoms with Gasteiger partial charge in [0.2, 0.25) is 0 Å². The van der Waals surface area contributed by atoms with Crippen LogP contribution >= 0.6 is 11.3 Å². The van der Waals surface area contributed by atoms with Crippen molar-refractivity contribution in [1.82, 2.24) is 4.90 Å². The Hall–Kier alpha value is -0.380.